The van der Waals surface area contributed by atoms with Crippen molar-refractivity contribution in [3.63, 3.8) is 0 Å². The smallest absolute Gasteiger partial charge is 0.253 e. The SMILES string of the molecule is COc1ccc(-c2cnc(N=C(N)N)nc2-c2ccc(OC)cc2O)cc1. The van der Waals surface area contributed by atoms with E-state index in [0.29, 0.717) is 22.6 Å². The highest BCUT2D eigenvalue weighted by molar-refractivity contribution is 5.84. The number of phenols is 1. The Morgan fingerprint density at radius 1 is 0.963 bits per heavy atom. The van der Waals surface area contributed by atoms with Gasteiger partial charge in [0.15, 0.2) is 5.96 Å². The summed E-state index contributed by atoms with van der Waals surface area (Å²) in [7, 11) is 3.13. The van der Waals surface area contributed by atoms with Crippen LogP contribution in [0.4, 0.5) is 5.95 Å². The topological polar surface area (TPSA) is 129 Å². The molecule has 1 aromatic heterocycles. The molecule has 0 spiro atoms. The summed E-state index contributed by atoms with van der Waals surface area (Å²) in [5, 5.41) is 10.5. The monoisotopic (exact) mass is 365 g/mol. The quantitative estimate of drug-likeness (QED) is 0.468. The number of guanidine groups is 1. The summed E-state index contributed by atoms with van der Waals surface area (Å²) < 4.78 is 10.3. The fraction of sp³-hybridized carbons (Fsp3) is 0.105. The molecule has 0 fully saturated rings. The standard InChI is InChI=1S/C19H19N5O3/c1-26-12-5-3-11(4-6-12)15-10-22-19(24-18(20)21)23-17(15)14-8-7-13(27-2)9-16(14)25/h3-10,25H,1-2H3,(H4,20,21,22,23,24). The zero-order chi connectivity index (χ0) is 19.4. The molecule has 1 heterocycles. The van der Waals surface area contributed by atoms with Crippen LogP contribution in [-0.2, 0) is 0 Å². The average Bonchev–Trinajstić information content (AvgIpc) is 2.67. The van der Waals surface area contributed by atoms with Crippen molar-refractivity contribution in [2.75, 3.05) is 14.2 Å². The van der Waals surface area contributed by atoms with Crippen LogP contribution in [-0.4, -0.2) is 35.3 Å². The fourth-order valence-electron chi connectivity index (χ4n) is 2.57. The van der Waals surface area contributed by atoms with Crippen LogP contribution in [0.2, 0.25) is 0 Å². The maximum absolute atomic E-state index is 10.5. The Morgan fingerprint density at radius 2 is 1.63 bits per heavy atom. The third-order valence-electron chi connectivity index (χ3n) is 3.87. The molecule has 0 saturated carbocycles. The maximum atomic E-state index is 10.5. The minimum Gasteiger partial charge on any atom is -0.507 e. The number of methoxy groups -OCH3 is 2. The summed E-state index contributed by atoms with van der Waals surface area (Å²) in [5.41, 5.74) is 13.4. The van der Waals surface area contributed by atoms with Gasteiger partial charge in [0.1, 0.15) is 17.2 Å². The molecule has 0 unspecified atom stereocenters. The predicted molar refractivity (Wildman–Crippen MR) is 103 cm³/mol. The summed E-state index contributed by atoms with van der Waals surface area (Å²) in [4.78, 5) is 12.5. The van der Waals surface area contributed by atoms with Gasteiger partial charge in [0.25, 0.3) is 5.95 Å². The molecule has 27 heavy (non-hydrogen) atoms. The van der Waals surface area contributed by atoms with Crippen LogP contribution in [0, 0.1) is 0 Å². The Kier molecular flexibility index (Phi) is 5.07. The number of ether oxygens (including phenoxy) is 2. The maximum Gasteiger partial charge on any atom is 0.253 e. The van der Waals surface area contributed by atoms with Crippen molar-refractivity contribution in [1.82, 2.24) is 9.97 Å². The van der Waals surface area contributed by atoms with E-state index in [9.17, 15) is 5.11 Å². The lowest BCUT2D eigenvalue weighted by Crippen LogP contribution is -2.22. The molecular weight excluding hydrogens is 346 g/mol. The minimum atomic E-state index is -0.155. The first-order chi connectivity index (χ1) is 13.0. The lowest BCUT2D eigenvalue weighted by molar-refractivity contribution is 0.408. The van der Waals surface area contributed by atoms with Crippen LogP contribution < -0.4 is 20.9 Å². The van der Waals surface area contributed by atoms with Crippen molar-refractivity contribution in [2.45, 2.75) is 0 Å². The van der Waals surface area contributed by atoms with Crippen LogP contribution in [0.3, 0.4) is 0 Å². The molecule has 3 aromatic rings. The lowest BCUT2D eigenvalue weighted by Gasteiger charge is -2.12. The van der Waals surface area contributed by atoms with E-state index < -0.39 is 0 Å². The van der Waals surface area contributed by atoms with Crippen molar-refractivity contribution in [2.24, 2.45) is 16.5 Å². The second kappa shape index (κ2) is 7.61. The molecule has 5 N–H and O–H groups in total. The van der Waals surface area contributed by atoms with Crippen LogP contribution in [0.1, 0.15) is 0 Å². The normalized spacial score (nSPS) is 10.3. The van der Waals surface area contributed by atoms with E-state index in [2.05, 4.69) is 15.0 Å². The van der Waals surface area contributed by atoms with Crippen LogP contribution >= 0.6 is 0 Å². The summed E-state index contributed by atoms with van der Waals surface area (Å²) in [6.45, 7) is 0. The molecule has 0 amide bonds. The number of benzene rings is 2. The Labute approximate surface area is 156 Å². The highest BCUT2D eigenvalue weighted by atomic mass is 16.5. The zero-order valence-corrected chi connectivity index (χ0v) is 14.9. The average molecular weight is 365 g/mol. The lowest BCUT2D eigenvalue weighted by atomic mass is 10.00. The molecule has 138 valence electrons. The Balaban J connectivity index is 2.19. The van der Waals surface area contributed by atoms with Crippen LogP contribution in [0.25, 0.3) is 22.4 Å². The van der Waals surface area contributed by atoms with E-state index in [4.69, 9.17) is 20.9 Å². The van der Waals surface area contributed by atoms with E-state index in [1.165, 1.54) is 13.2 Å². The Hall–Kier alpha value is -3.81. The summed E-state index contributed by atoms with van der Waals surface area (Å²) >= 11 is 0. The van der Waals surface area contributed by atoms with Gasteiger partial charge in [0.2, 0.25) is 0 Å². The molecule has 0 radical (unpaired) electrons. The summed E-state index contributed by atoms with van der Waals surface area (Å²) in [6.07, 6.45) is 1.61. The third kappa shape index (κ3) is 3.90. The number of hydrogen-bond donors (Lipinski definition) is 3. The number of nitrogens with two attached hydrogens (primary N) is 2. The van der Waals surface area contributed by atoms with Gasteiger partial charge in [0, 0.05) is 23.4 Å². The van der Waals surface area contributed by atoms with Crippen molar-refractivity contribution >= 4 is 11.9 Å². The van der Waals surface area contributed by atoms with Gasteiger partial charge in [-0.25, -0.2) is 9.97 Å². The number of aromatic hydroxyl groups is 1. The van der Waals surface area contributed by atoms with Gasteiger partial charge >= 0.3 is 0 Å². The molecule has 0 aliphatic heterocycles. The molecule has 0 aliphatic carbocycles. The van der Waals surface area contributed by atoms with Crippen LogP contribution in [0.15, 0.2) is 53.7 Å². The number of nitrogens with zero attached hydrogens (tertiary/aromatic N) is 3. The van der Waals surface area contributed by atoms with Gasteiger partial charge in [-0.15, -0.1) is 0 Å². The number of phenolic OH excluding ortho intramolecular Hbond substituents is 1. The number of rotatable bonds is 5. The first-order valence-electron chi connectivity index (χ1n) is 8.00. The van der Waals surface area contributed by atoms with Crippen molar-refractivity contribution in [3.8, 4) is 39.6 Å². The van der Waals surface area contributed by atoms with Crippen molar-refractivity contribution in [1.29, 1.82) is 0 Å². The van der Waals surface area contributed by atoms with E-state index >= 15 is 0 Å². The number of aliphatic imine (C=N–C) groups is 1. The highest BCUT2D eigenvalue weighted by Gasteiger charge is 2.16. The summed E-state index contributed by atoms with van der Waals surface area (Å²) in [5.74, 6) is 1.21. The largest absolute Gasteiger partial charge is 0.507 e. The van der Waals surface area contributed by atoms with Gasteiger partial charge in [-0.05, 0) is 29.8 Å². The molecular formula is C19H19N5O3. The van der Waals surface area contributed by atoms with Gasteiger partial charge in [-0.2, -0.15) is 4.99 Å². The molecule has 0 aliphatic rings. The Bertz CT molecular complexity index is 983. The first kappa shape index (κ1) is 18.0. The second-order valence-electron chi connectivity index (χ2n) is 5.58. The fourth-order valence-corrected chi connectivity index (χ4v) is 2.57. The summed E-state index contributed by atoms with van der Waals surface area (Å²) in [6, 6.07) is 12.4. The predicted octanol–water partition coefficient (Wildman–Crippen LogP) is 2.44. The molecule has 0 atom stereocenters. The zero-order valence-electron chi connectivity index (χ0n) is 14.9. The third-order valence-corrected chi connectivity index (χ3v) is 3.87. The minimum absolute atomic E-state index is 0.0125. The van der Waals surface area contributed by atoms with Crippen molar-refractivity contribution < 1.29 is 14.6 Å². The van der Waals surface area contributed by atoms with Gasteiger partial charge < -0.3 is 26.0 Å². The molecule has 3 rings (SSSR count). The second-order valence-corrected chi connectivity index (χ2v) is 5.58. The van der Waals surface area contributed by atoms with Crippen molar-refractivity contribution in [3.05, 3.63) is 48.7 Å². The molecule has 0 bridgehead atoms. The molecule has 8 nitrogen and oxygen atoms in total. The van der Waals surface area contributed by atoms with Gasteiger partial charge in [0.05, 0.1) is 19.9 Å². The Morgan fingerprint density at radius 3 is 2.22 bits per heavy atom. The van der Waals surface area contributed by atoms with Crippen LogP contribution in [0.5, 0.6) is 17.2 Å². The van der Waals surface area contributed by atoms with E-state index in [1.54, 1.807) is 25.4 Å². The van der Waals surface area contributed by atoms with Gasteiger partial charge in [-0.3, -0.25) is 0 Å². The molecule has 2 aromatic carbocycles. The van der Waals surface area contributed by atoms with Gasteiger partial charge in [-0.1, -0.05) is 12.1 Å². The number of hydrogen-bond acceptors (Lipinski definition) is 6. The molecule has 8 heteroatoms. The number of aromatic nitrogens is 2. The van der Waals surface area contributed by atoms with E-state index in [1.807, 2.05) is 24.3 Å². The first-order valence-corrected chi connectivity index (χ1v) is 8.00. The molecule has 0 saturated heterocycles. The van der Waals surface area contributed by atoms with E-state index in [0.717, 1.165) is 11.3 Å². The highest BCUT2D eigenvalue weighted by Crippen LogP contribution is 2.38. The van der Waals surface area contributed by atoms with E-state index in [-0.39, 0.29) is 17.7 Å².